The zero-order valence-corrected chi connectivity index (χ0v) is 11.2. The van der Waals surface area contributed by atoms with Crippen molar-refractivity contribution in [3.05, 3.63) is 22.2 Å². The number of ether oxygens (including phenoxy) is 1. The molecule has 0 aromatic carbocycles. The summed E-state index contributed by atoms with van der Waals surface area (Å²) in [5, 5.41) is 19.7. The second kappa shape index (κ2) is 3.91. The van der Waals surface area contributed by atoms with E-state index in [1.807, 2.05) is 0 Å². The number of nitrogen functional groups attached to an aromatic ring is 1. The Morgan fingerprint density at radius 3 is 2.90 bits per heavy atom. The van der Waals surface area contributed by atoms with E-state index in [1.165, 1.54) is 6.20 Å². The number of anilines is 1. The number of nitrogens with two attached hydrogens (primary N) is 1. The van der Waals surface area contributed by atoms with Gasteiger partial charge >= 0.3 is 5.69 Å². The molecule has 4 N–H and O–H groups in total. The van der Waals surface area contributed by atoms with E-state index in [0.717, 1.165) is 4.57 Å². The minimum Gasteiger partial charge on any atom is -0.387 e. The molecule has 0 radical (unpaired) electrons. The van der Waals surface area contributed by atoms with E-state index in [0.29, 0.717) is 5.56 Å². The predicted octanol–water partition coefficient (Wildman–Crippen LogP) is -0.916. The molecule has 5 atom stereocenters. The molecule has 1 aliphatic heterocycles. The summed E-state index contributed by atoms with van der Waals surface area (Å²) in [6.45, 7) is 1.60. The van der Waals surface area contributed by atoms with Crippen molar-refractivity contribution in [1.82, 2.24) is 9.55 Å². The van der Waals surface area contributed by atoms with E-state index in [1.54, 1.807) is 6.92 Å². The van der Waals surface area contributed by atoms with Crippen molar-refractivity contribution in [3.8, 4) is 0 Å². The highest BCUT2D eigenvalue weighted by Crippen LogP contribution is 2.63. The molecule has 1 aromatic rings. The Hall–Kier alpha value is -1.22. The second-order valence-corrected chi connectivity index (χ2v) is 5.43. The van der Waals surface area contributed by atoms with Crippen LogP contribution >= 0.6 is 11.6 Å². The highest BCUT2D eigenvalue weighted by Gasteiger charge is 2.87. The second-order valence-electron chi connectivity index (χ2n) is 5.16. The molecule has 5 unspecified atom stereocenters. The average molecular weight is 306 g/mol. The number of rotatable bonds is 2. The van der Waals surface area contributed by atoms with Crippen molar-refractivity contribution in [3.63, 3.8) is 0 Å². The van der Waals surface area contributed by atoms with Gasteiger partial charge in [0.1, 0.15) is 17.5 Å². The van der Waals surface area contributed by atoms with Gasteiger partial charge in [-0.2, -0.15) is 4.98 Å². The molecule has 9 heteroatoms. The van der Waals surface area contributed by atoms with Crippen molar-refractivity contribution in [2.75, 3.05) is 11.6 Å². The monoisotopic (exact) mass is 305 g/mol. The van der Waals surface area contributed by atoms with Gasteiger partial charge in [-0.05, 0) is 6.92 Å². The Labute approximate surface area is 117 Å². The lowest BCUT2D eigenvalue weighted by molar-refractivity contribution is -0.0868. The van der Waals surface area contributed by atoms with Crippen molar-refractivity contribution in [1.29, 1.82) is 0 Å². The molecule has 20 heavy (non-hydrogen) atoms. The normalized spacial score (nSPS) is 42.5. The fraction of sp³-hybridized carbons (Fsp3) is 0.636. The van der Waals surface area contributed by atoms with Crippen LogP contribution in [0.15, 0.2) is 11.0 Å². The average Bonchev–Trinajstić information content (AvgIpc) is 2.76. The third-order valence-corrected chi connectivity index (χ3v) is 4.50. The summed E-state index contributed by atoms with van der Waals surface area (Å²) in [6.07, 6.45) is -3.53. The topological polar surface area (TPSA) is 111 Å². The highest BCUT2D eigenvalue weighted by atomic mass is 35.5. The van der Waals surface area contributed by atoms with Gasteiger partial charge in [0.2, 0.25) is 0 Å². The largest absolute Gasteiger partial charge is 0.387 e. The lowest BCUT2D eigenvalue weighted by atomic mass is 10.1. The van der Waals surface area contributed by atoms with Gasteiger partial charge in [-0.15, -0.1) is 11.6 Å². The molecule has 1 saturated carbocycles. The molecule has 7 nitrogen and oxygen atoms in total. The van der Waals surface area contributed by atoms with Crippen molar-refractivity contribution in [2.24, 2.45) is 0 Å². The minimum atomic E-state index is -2.10. The molecule has 0 spiro atoms. The summed E-state index contributed by atoms with van der Waals surface area (Å²) >= 11 is 5.65. The lowest BCUT2D eigenvalue weighted by Crippen LogP contribution is -2.38. The molecule has 0 amide bonds. The third-order valence-electron chi connectivity index (χ3n) is 4.10. The summed E-state index contributed by atoms with van der Waals surface area (Å²) in [4.78, 5) is 15.3. The third kappa shape index (κ3) is 1.34. The molecule has 110 valence electrons. The number of hydrogen-bond donors (Lipinski definition) is 3. The Bertz CT molecular complexity index is 637. The van der Waals surface area contributed by atoms with Crippen molar-refractivity contribution in [2.45, 2.75) is 36.6 Å². The Balaban J connectivity index is 2.03. The van der Waals surface area contributed by atoms with Gasteiger partial charge in [0.05, 0.1) is 5.88 Å². The molecule has 1 saturated heterocycles. The van der Waals surface area contributed by atoms with Crippen LogP contribution in [-0.2, 0) is 4.74 Å². The first-order valence-corrected chi connectivity index (χ1v) is 6.46. The van der Waals surface area contributed by atoms with Crippen LogP contribution in [0.1, 0.15) is 11.8 Å². The van der Waals surface area contributed by atoms with Crippen molar-refractivity contribution < 1.29 is 19.3 Å². The molecule has 2 heterocycles. The number of aliphatic hydroxyl groups excluding tert-OH is 1. The summed E-state index contributed by atoms with van der Waals surface area (Å²) < 4.78 is 20.6. The summed E-state index contributed by atoms with van der Waals surface area (Å²) in [6, 6.07) is 0. The van der Waals surface area contributed by atoms with Crippen LogP contribution in [0.3, 0.4) is 0 Å². The van der Waals surface area contributed by atoms with Gasteiger partial charge in [0, 0.05) is 11.8 Å². The Morgan fingerprint density at radius 1 is 1.70 bits per heavy atom. The molecular weight excluding hydrogens is 293 g/mol. The highest BCUT2D eigenvalue weighted by molar-refractivity contribution is 6.19. The maximum atomic E-state index is 14.4. The maximum absolute atomic E-state index is 14.4. The van der Waals surface area contributed by atoms with E-state index in [9.17, 15) is 19.4 Å². The molecule has 1 aromatic heterocycles. The standard InChI is InChI=1S/C11H13ClFN3O4/c1-4-2-16(9(18)15-6(4)14)7-5(13)11(19)8(17)10(11,3-12)20-7/h2,5,7-8,17,19H,3H2,1H3,(H2,14,15,18). The van der Waals surface area contributed by atoms with Crippen LogP contribution in [0.25, 0.3) is 0 Å². The molecular formula is C11H13ClFN3O4. The molecule has 3 rings (SSSR count). The van der Waals surface area contributed by atoms with Gasteiger partial charge in [0.25, 0.3) is 0 Å². The van der Waals surface area contributed by atoms with Crippen LogP contribution in [0.4, 0.5) is 10.2 Å². The van der Waals surface area contributed by atoms with E-state index in [2.05, 4.69) is 4.98 Å². The van der Waals surface area contributed by atoms with Crippen LogP contribution in [0.5, 0.6) is 0 Å². The van der Waals surface area contributed by atoms with Gasteiger partial charge in [-0.1, -0.05) is 0 Å². The first-order chi connectivity index (χ1) is 9.29. The fourth-order valence-electron chi connectivity index (χ4n) is 2.70. The number of aromatic nitrogens is 2. The summed E-state index contributed by atoms with van der Waals surface area (Å²) in [5.74, 6) is -0.256. The van der Waals surface area contributed by atoms with Crippen molar-refractivity contribution >= 4 is 17.4 Å². The summed E-state index contributed by atoms with van der Waals surface area (Å²) in [5.41, 5.74) is 1.46. The molecule has 2 fully saturated rings. The SMILES string of the molecule is Cc1cn(C2OC3(CCl)C(O)C3(O)C2F)c(=O)nc1N. The van der Waals surface area contributed by atoms with Crippen LogP contribution < -0.4 is 11.4 Å². The predicted molar refractivity (Wildman–Crippen MR) is 67.1 cm³/mol. The van der Waals surface area contributed by atoms with Crippen LogP contribution in [-0.4, -0.2) is 49.1 Å². The van der Waals surface area contributed by atoms with E-state index in [-0.39, 0.29) is 11.7 Å². The number of nitrogens with zero attached hydrogens (tertiary/aromatic N) is 2. The van der Waals surface area contributed by atoms with Gasteiger partial charge in [-0.3, -0.25) is 4.57 Å². The number of aryl methyl sites for hydroxylation is 1. The van der Waals surface area contributed by atoms with Crippen LogP contribution in [0, 0.1) is 6.92 Å². The number of fused-ring (bicyclic) bond motifs is 1. The van der Waals surface area contributed by atoms with E-state index < -0.39 is 35.4 Å². The number of halogens is 2. The van der Waals surface area contributed by atoms with Gasteiger partial charge in [0.15, 0.2) is 18.0 Å². The molecule has 2 aliphatic rings. The zero-order chi connectivity index (χ0) is 14.9. The fourth-order valence-corrected chi connectivity index (χ4v) is 3.12. The number of hydrogen-bond acceptors (Lipinski definition) is 6. The van der Waals surface area contributed by atoms with E-state index in [4.69, 9.17) is 22.1 Å². The van der Waals surface area contributed by atoms with Gasteiger partial charge in [-0.25, -0.2) is 9.18 Å². The first-order valence-electron chi connectivity index (χ1n) is 5.93. The smallest absolute Gasteiger partial charge is 0.351 e. The minimum absolute atomic E-state index is 0.0376. The van der Waals surface area contributed by atoms with Crippen LogP contribution in [0.2, 0.25) is 0 Å². The first kappa shape index (κ1) is 13.7. The maximum Gasteiger partial charge on any atom is 0.351 e. The molecule has 0 bridgehead atoms. The number of alkyl halides is 2. The van der Waals surface area contributed by atoms with E-state index >= 15 is 0 Å². The number of aliphatic hydroxyl groups is 2. The summed E-state index contributed by atoms with van der Waals surface area (Å²) in [7, 11) is 0. The quantitative estimate of drug-likeness (QED) is 0.610. The zero-order valence-electron chi connectivity index (χ0n) is 10.5. The molecule has 1 aliphatic carbocycles. The Morgan fingerprint density at radius 2 is 2.35 bits per heavy atom. The van der Waals surface area contributed by atoms with Gasteiger partial charge < -0.3 is 20.7 Å². The Kier molecular flexibility index (Phi) is 2.69. The lowest BCUT2D eigenvalue weighted by Gasteiger charge is -2.22.